The van der Waals surface area contributed by atoms with Gasteiger partial charge in [0.15, 0.2) is 0 Å². The number of aromatic nitrogens is 2. The van der Waals surface area contributed by atoms with Crippen LogP contribution in [0.3, 0.4) is 0 Å². The minimum absolute atomic E-state index is 0.00387. The number of hydrogen-bond acceptors (Lipinski definition) is 6. The molecule has 0 aliphatic carbocycles. The fourth-order valence-corrected chi connectivity index (χ4v) is 3.79. The maximum atomic E-state index is 12.5. The highest BCUT2D eigenvalue weighted by atomic mass is 32.1. The highest BCUT2D eigenvalue weighted by Gasteiger charge is 2.26. The van der Waals surface area contributed by atoms with Gasteiger partial charge in [-0.15, -0.1) is 5.10 Å². The predicted molar refractivity (Wildman–Crippen MR) is 108 cm³/mol. The molecule has 0 unspecified atom stereocenters. The van der Waals surface area contributed by atoms with E-state index in [0.717, 1.165) is 24.4 Å². The largest absolute Gasteiger partial charge is 0.492 e. The number of likely N-dealkylation sites (tertiary alicyclic amines) is 1. The third-order valence-corrected chi connectivity index (χ3v) is 5.55. The number of piperidine rings is 1. The summed E-state index contributed by atoms with van der Waals surface area (Å²) < 4.78 is 9.35. The fraction of sp³-hybridized carbons (Fsp3) is 0.474. The summed E-state index contributed by atoms with van der Waals surface area (Å²) in [4.78, 5) is 27.2. The summed E-state index contributed by atoms with van der Waals surface area (Å²) in [6, 6.07) is 7.10. The van der Waals surface area contributed by atoms with Crippen LogP contribution >= 0.6 is 11.5 Å². The lowest BCUT2D eigenvalue weighted by Gasteiger charge is -2.31. The second kappa shape index (κ2) is 9.50. The second-order valence-electron chi connectivity index (χ2n) is 6.69. The minimum atomic E-state index is -0.253. The van der Waals surface area contributed by atoms with E-state index in [1.807, 2.05) is 36.1 Å². The van der Waals surface area contributed by atoms with Gasteiger partial charge in [-0.2, -0.15) is 0 Å². The number of hydrogen-bond donors (Lipinski definition) is 2. The molecule has 3 rings (SSSR count). The van der Waals surface area contributed by atoms with Gasteiger partial charge in [0.05, 0.1) is 18.0 Å². The molecule has 2 N–H and O–H groups in total. The van der Waals surface area contributed by atoms with Crippen molar-refractivity contribution < 1.29 is 14.3 Å². The summed E-state index contributed by atoms with van der Waals surface area (Å²) in [5.41, 5.74) is 1.33. The summed E-state index contributed by atoms with van der Waals surface area (Å²) in [7, 11) is 0. The Bertz CT molecular complexity index is 817. The molecule has 0 saturated carbocycles. The van der Waals surface area contributed by atoms with Crippen LogP contribution in [0.25, 0.3) is 0 Å². The van der Waals surface area contributed by atoms with E-state index in [1.54, 1.807) is 6.92 Å². The van der Waals surface area contributed by atoms with Crippen LogP contribution in [0.1, 0.15) is 35.1 Å². The Kier molecular flexibility index (Phi) is 6.80. The van der Waals surface area contributed by atoms with E-state index in [4.69, 9.17) is 4.74 Å². The third kappa shape index (κ3) is 4.98. The predicted octanol–water partition coefficient (Wildman–Crippen LogP) is 2.92. The molecule has 1 aliphatic heterocycles. The average molecular weight is 404 g/mol. The molecule has 1 saturated heterocycles. The van der Waals surface area contributed by atoms with Crippen LogP contribution in [-0.2, 0) is 0 Å². The summed E-state index contributed by atoms with van der Waals surface area (Å²) >= 11 is 1.14. The van der Waals surface area contributed by atoms with Crippen LogP contribution in [0, 0.1) is 12.8 Å². The molecule has 0 spiro atoms. The molecular formula is C19H25N5O3S. The van der Waals surface area contributed by atoms with Crippen LogP contribution in [0.2, 0.25) is 0 Å². The van der Waals surface area contributed by atoms with Crippen molar-refractivity contribution in [2.75, 3.05) is 31.6 Å². The summed E-state index contributed by atoms with van der Waals surface area (Å²) in [5.74, 6) is 1.00. The van der Waals surface area contributed by atoms with Gasteiger partial charge in [0, 0.05) is 19.6 Å². The lowest BCUT2D eigenvalue weighted by atomic mass is 9.96. The molecule has 8 nitrogen and oxygen atoms in total. The smallest absolute Gasteiger partial charge is 0.319 e. The molecule has 9 heteroatoms. The lowest BCUT2D eigenvalue weighted by molar-refractivity contribution is 0.0694. The Morgan fingerprint density at radius 1 is 1.29 bits per heavy atom. The maximum absolute atomic E-state index is 12.5. The van der Waals surface area contributed by atoms with Crippen LogP contribution in [-0.4, -0.2) is 52.7 Å². The zero-order valence-corrected chi connectivity index (χ0v) is 16.9. The highest BCUT2D eigenvalue weighted by molar-refractivity contribution is 7.07. The number of benzene rings is 1. The molecule has 150 valence electrons. The third-order valence-electron chi connectivity index (χ3n) is 4.73. The van der Waals surface area contributed by atoms with Crippen molar-refractivity contribution in [3.63, 3.8) is 0 Å². The van der Waals surface area contributed by atoms with Gasteiger partial charge < -0.3 is 20.3 Å². The van der Waals surface area contributed by atoms with Gasteiger partial charge in [-0.1, -0.05) is 16.6 Å². The molecule has 1 aromatic carbocycles. The number of nitrogens with one attached hydrogen (secondary N) is 2. The second-order valence-corrected chi connectivity index (χ2v) is 7.44. The zero-order chi connectivity index (χ0) is 19.9. The van der Waals surface area contributed by atoms with E-state index in [1.165, 1.54) is 0 Å². The van der Waals surface area contributed by atoms with E-state index in [2.05, 4.69) is 20.2 Å². The van der Waals surface area contributed by atoms with E-state index >= 15 is 0 Å². The molecule has 1 fully saturated rings. The standard InChI is InChI=1S/C19H25N5O3S/c1-3-27-16-7-5-4-6-15(16)21-19(26)20-12-14-8-10-24(11-9-14)18(25)17-13(2)22-23-28-17/h4-7,14H,3,8-12H2,1-2H3,(H2,20,21,26). The van der Waals surface area contributed by atoms with Crippen molar-refractivity contribution in [2.45, 2.75) is 26.7 Å². The van der Waals surface area contributed by atoms with E-state index in [0.29, 0.717) is 54.2 Å². The molecule has 1 aromatic heterocycles. The van der Waals surface area contributed by atoms with Crippen molar-refractivity contribution in [3.8, 4) is 5.75 Å². The topological polar surface area (TPSA) is 96.5 Å². The van der Waals surface area contributed by atoms with Crippen molar-refractivity contribution >= 4 is 29.2 Å². The van der Waals surface area contributed by atoms with Crippen molar-refractivity contribution in [1.82, 2.24) is 19.8 Å². The number of carbonyl (C=O) groups excluding carboxylic acids is 2. The van der Waals surface area contributed by atoms with E-state index < -0.39 is 0 Å². The number of para-hydroxylation sites is 2. The number of aryl methyl sites for hydroxylation is 1. The van der Waals surface area contributed by atoms with Gasteiger partial charge >= 0.3 is 6.03 Å². The van der Waals surface area contributed by atoms with Crippen molar-refractivity contribution in [2.24, 2.45) is 5.92 Å². The van der Waals surface area contributed by atoms with Gasteiger partial charge in [-0.25, -0.2) is 4.79 Å². The Morgan fingerprint density at radius 3 is 2.71 bits per heavy atom. The first-order valence-electron chi connectivity index (χ1n) is 9.43. The SMILES string of the molecule is CCOc1ccccc1NC(=O)NCC1CCN(C(=O)c2snnc2C)CC1. The first kappa shape index (κ1) is 20.1. The van der Waals surface area contributed by atoms with Crippen molar-refractivity contribution in [3.05, 3.63) is 34.8 Å². The molecular weight excluding hydrogens is 378 g/mol. The first-order valence-corrected chi connectivity index (χ1v) is 10.2. The van der Waals surface area contributed by atoms with Crippen LogP contribution in [0.15, 0.2) is 24.3 Å². The number of urea groups is 1. The summed E-state index contributed by atoms with van der Waals surface area (Å²) in [6.45, 7) is 6.17. The summed E-state index contributed by atoms with van der Waals surface area (Å²) in [5, 5.41) is 9.66. The van der Waals surface area contributed by atoms with Gasteiger partial charge in [-0.05, 0) is 56.3 Å². The average Bonchev–Trinajstić information content (AvgIpc) is 3.14. The summed E-state index contributed by atoms with van der Waals surface area (Å²) in [6.07, 6.45) is 1.71. The van der Waals surface area contributed by atoms with E-state index in [-0.39, 0.29) is 11.9 Å². The molecule has 28 heavy (non-hydrogen) atoms. The molecule has 2 aromatic rings. The molecule has 0 atom stereocenters. The van der Waals surface area contributed by atoms with Gasteiger partial charge in [-0.3, -0.25) is 4.79 Å². The van der Waals surface area contributed by atoms with Crippen LogP contribution in [0.5, 0.6) is 5.75 Å². The number of ether oxygens (including phenoxy) is 1. The highest BCUT2D eigenvalue weighted by Crippen LogP contribution is 2.24. The van der Waals surface area contributed by atoms with Gasteiger partial charge in [0.1, 0.15) is 10.6 Å². The fourth-order valence-electron chi connectivity index (χ4n) is 3.17. The number of amides is 3. The Morgan fingerprint density at radius 2 is 2.04 bits per heavy atom. The normalized spacial score (nSPS) is 14.6. The number of rotatable bonds is 6. The lowest BCUT2D eigenvalue weighted by Crippen LogP contribution is -2.42. The molecule has 3 amide bonds. The Labute approximate surface area is 168 Å². The zero-order valence-electron chi connectivity index (χ0n) is 16.1. The molecule has 2 heterocycles. The minimum Gasteiger partial charge on any atom is -0.492 e. The van der Waals surface area contributed by atoms with Crippen LogP contribution < -0.4 is 15.4 Å². The van der Waals surface area contributed by atoms with Gasteiger partial charge in [0.2, 0.25) is 0 Å². The maximum Gasteiger partial charge on any atom is 0.319 e. The number of nitrogens with zero attached hydrogens (tertiary/aromatic N) is 3. The number of carbonyl (C=O) groups is 2. The van der Waals surface area contributed by atoms with Gasteiger partial charge in [0.25, 0.3) is 5.91 Å². The Balaban J connectivity index is 1.44. The van der Waals surface area contributed by atoms with Crippen molar-refractivity contribution in [1.29, 1.82) is 0 Å². The monoisotopic (exact) mass is 403 g/mol. The Hall–Kier alpha value is -2.68. The quantitative estimate of drug-likeness (QED) is 0.773. The first-order chi connectivity index (χ1) is 13.6. The molecule has 0 bridgehead atoms. The van der Waals surface area contributed by atoms with Crippen LogP contribution in [0.4, 0.5) is 10.5 Å². The molecule has 0 radical (unpaired) electrons. The molecule has 1 aliphatic rings. The number of anilines is 1. The van der Waals surface area contributed by atoms with E-state index in [9.17, 15) is 9.59 Å².